The van der Waals surface area contributed by atoms with Gasteiger partial charge in [0.15, 0.2) is 0 Å². The van der Waals surface area contributed by atoms with Gasteiger partial charge in [0.2, 0.25) is 5.91 Å². The first-order chi connectivity index (χ1) is 10.2. The molecule has 0 atom stereocenters. The summed E-state index contributed by atoms with van der Waals surface area (Å²) >= 11 is 0. The van der Waals surface area contributed by atoms with E-state index in [1.165, 1.54) is 0 Å². The maximum atomic E-state index is 13.0. The molecule has 1 amide bonds. The summed E-state index contributed by atoms with van der Waals surface area (Å²) in [6.45, 7) is 4.51. The first-order valence-corrected chi connectivity index (χ1v) is 7.63. The second-order valence-electron chi connectivity index (χ2n) is 5.69. The Bertz CT molecular complexity index is 501. The second kappa shape index (κ2) is 7.24. The zero-order chi connectivity index (χ0) is 15.1. The number of rotatable bonds is 5. The van der Waals surface area contributed by atoms with Gasteiger partial charge in [-0.2, -0.15) is 5.26 Å². The normalized spacial score (nSPS) is 17.0. The highest BCUT2D eigenvalue weighted by Crippen LogP contribution is 2.35. The molecule has 1 N–H and O–H groups in total. The quantitative estimate of drug-likeness (QED) is 0.845. The zero-order valence-electron chi connectivity index (χ0n) is 12.6. The summed E-state index contributed by atoms with van der Waals surface area (Å²) < 4.78 is 0. The fraction of sp³-hybridized carbons (Fsp3) is 0.529. The van der Waals surface area contributed by atoms with Crippen molar-refractivity contribution >= 4 is 5.91 Å². The molecule has 112 valence electrons. The van der Waals surface area contributed by atoms with Gasteiger partial charge >= 0.3 is 0 Å². The minimum Gasteiger partial charge on any atom is -0.325 e. The number of hydrogen-bond donors (Lipinski definition) is 1. The molecule has 0 spiro atoms. The smallest absolute Gasteiger partial charge is 0.230 e. The highest BCUT2D eigenvalue weighted by molar-refractivity contribution is 5.83. The number of piperidine rings is 1. The lowest BCUT2D eigenvalue weighted by Crippen LogP contribution is -2.49. The van der Waals surface area contributed by atoms with E-state index in [-0.39, 0.29) is 17.9 Å². The van der Waals surface area contributed by atoms with Crippen LogP contribution in [0.15, 0.2) is 30.3 Å². The Labute approximate surface area is 126 Å². The van der Waals surface area contributed by atoms with Crippen molar-refractivity contribution in [3.63, 3.8) is 0 Å². The second-order valence-corrected chi connectivity index (χ2v) is 5.69. The predicted octanol–water partition coefficient (Wildman–Crippen LogP) is 2.32. The van der Waals surface area contributed by atoms with E-state index in [4.69, 9.17) is 5.26 Å². The standard InChI is InChI=1S/C17H23N3O/c1-2-17(8-11-19-12-9-17)16(21)20(13-10-18)14-15-6-4-3-5-7-15/h3-7,19H,2,8-9,11-14H2,1H3. The Kier molecular flexibility index (Phi) is 5.35. The van der Waals surface area contributed by atoms with Crippen LogP contribution < -0.4 is 5.32 Å². The number of nitriles is 1. The van der Waals surface area contributed by atoms with Gasteiger partial charge in [-0.05, 0) is 37.9 Å². The molecule has 1 saturated heterocycles. The fourth-order valence-corrected chi connectivity index (χ4v) is 3.05. The molecule has 4 nitrogen and oxygen atoms in total. The maximum absolute atomic E-state index is 13.0. The molecule has 1 aromatic rings. The number of amides is 1. The van der Waals surface area contributed by atoms with Gasteiger partial charge in [0, 0.05) is 6.54 Å². The van der Waals surface area contributed by atoms with Crippen LogP contribution in [0.25, 0.3) is 0 Å². The molecule has 4 heteroatoms. The zero-order valence-corrected chi connectivity index (χ0v) is 12.6. The third-order valence-electron chi connectivity index (χ3n) is 4.46. The Morgan fingerprint density at radius 3 is 2.57 bits per heavy atom. The molecule has 1 aromatic carbocycles. The Morgan fingerprint density at radius 2 is 2.00 bits per heavy atom. The minimum atomic E-state index is -0.295. The average Bonchev–Trinajstić information content (AvgIpc) is 2.55. The van der Waals surface area contributed by atoms with Crippen LogP contribution in [0.2, 0.25) is 0 Å². The van der Waals surface area contributed by atoms with Gasteiger partial charge in [-0.15, -0.1) is 0 Å². The van der Waals surface area contributed by atoms with Crippen LogP contribution in [0.3, 0.4) is 0 Å². The summed E-state index contributed by atoms with van der Waals surface area (Å²) in [7, 11) is 0. The van der Waals surface area contributed by atoms with Crippen LogP contribution in [0, 0.1) is 16.7 Å². The van der Waals surface area contributed by atoms with Gasteiger partial charge in [-0.25, -0.2) is 0 Å². The van der Waals surface area contributed by atoms with E-state index in [0.29, 0.717) is 6.54 Å². The highest BCUT2D eigenvalue weighted by atomic mass is 16.2. The van der Waals surface area contributed by atoms with Crippen molar-refractivity contribution < 1.29 is 4.79 Å². The van der Waals surface area contributed by atoms with E-state index >= 15 is 0 Å². The van der Waals surface area contributed by atoms with E-state index < -0.39 is 0 Å². The van der Waals surface area contributed by atoms with Crippen LogP contribution in [0.4, 0.5) is 0 Å². The van der Waals surface area contributed by atoms with Crippen LogP contribution in [-0.4, -0.2) is 30.4 Å². The van der Waals surface area contributed by atoms with Gasteiger partial charge in [-0.1, -0.05) is 37.3 Å². The molecule has 21 heavy (non-hydrogen) atoms. The summed E-state index contributed by atoms with van der Waals surface area (Å²) in [6, 6.07) is 12.0. The van der Waals surface area contributed by atoms with Gasteiger partial charge in [0.25, 0.3) is 0 Å². The molecular formula is C17H23N3O. The summed E-state index contributed by atoms with van der Waals surface area (Å²) in [5.74, 6) is 0.136. The molecule has 1 aliphatic heterocycles. The molecule has 0 radical (unpaired) electrons. The first-order valence-electron chi connectivity index (χ1n) is 7.63. The van der Waals surface area contributed by atoms with Crippen LogP contribution in [-0.2, 0) is 11.3 Å². The highest BCUT2D eigenvalue weighted by Gasteiger charge is 2.40. The number of benzene rings is 1. The lowest BCUT2D eigenvalue weighted by molar-refractivity contribution is -0.144. The molecule has 1 aliphatic rings. The topological polar surface area (TPSA) is 56.1 Å². The van der Waals surface area contributed by atoms with E-state index in [1.807, 2.05) is 30.3 Å². The van der Waals surface area contributed by atoms with Gasteiger partial charge in [-0.3, -0.25) is 4.79 Å². The van der Waals surface area contributed by atoms with Crippen LogP contribution in [0.5, 0.6) is 0 Å². The molecule has 1 fully saturated rings. The van der Waals surface area contributed by atoms with Crippen molar-refractivity contribution in [2.45, 2.75) is 32.7 Å². The van der Waals surface area contributed by atoms with Crippen molar-refractivity contribution in [2.75, 3.05) is 19.6 Å². The molecule has 1 heterocycles. The summed E-state index contributed by atoms with van der Waals surface area (Å²) in [5.41, 5.74) is 0.776. The number of nitrogens with zero attached hydrogens (tertiary/aromatic N) is 2. The summed E-state index contributed by atoms with van der Waals surface area (Å²) in [4.78, 5) is 14.7. The van der Waals surface area contributed by atoms with Crippen molar-refractivity contribution in [3.05, 3.63) is 35.9 Å². The monoisotopic (exact) mass is 285 g/mol. The Hall–Kier alpha value is -1.86. The molecular weight excluding hydrogens is 262 g/mol. The van der Waals surface area contributed by atoms with Crippen molar-refractivity contribution in [1.82, 2.24) is 10.2 Å². The van der Waals surface area contributed by atoms with Gasteiger partial charge in [0.1, 0.15) is 6.54 Å². The number of hydrogen-bond acceptors (Lipinski definition) is 3. The predicted molar refractivity (Wildman–Crippen MR) is 82.3 cm³/mol. The number of nitrogens with one attached hydrogen (secondary N) is 1. The fourth-order valence-electron chi connectivity index (χ4n) is 3.05. The largest absolute Gasteiger partial charge is 0.325 e. The van der Waals surface area contributed by atoms with Crippen molar-refractivity contribution in [2.24, 2.45) is 5.41 Å². The van der Waals surface area contributed by atoms with Crippen molar-refractivity contribution in [3.8, 4) is 6.07 Å². The van der Waals surface area contributed by atoms with E-state index in [9.17, 15) is 4.79 Å². The van der Waals surface area contributed by atoms with Crippen LogP contribution in [0.1, 0.15) is 31.7 Å². The number of carbonyl (C=O) groups excluding carboxylic acids is 1. The molecule has 0 aliphatic carbocycles. The first kappa shape index (κ1) is 15.5. The number of carbonyl (C=O) groups is 1. The molecule has 0 aromatic heterocycles. The molecule has 0 saturated carbocycles. The maximum Gasteiger partial charge on any atom is 0.230 e. The SMILES string of the molecule is CCC1(C(=O)N(CC#N)Cc2ccccc2)CCNCC1. The van der Waals surface area contributed by atoms with Crippen LogP contribution >= 0.6 is 0 Å². The molecule has 0 unspecified atom stereocenters. The lowest BCUT2D eigenvalue weighted by atomic mass is 9.75. The molecule has 2 rings (SSSR count). The minimum absolute atomic E-state index is 0.136. The molecule has 0 bridgehead atoms. The van der Waals surface area contributed by atoms with Crippen molar-refractivity contribution in [1.29, 1.82) is 5.26 Å². The third-order valence-corrected chi connectivity index (χ3v) is 4.46. The Morgan fingerprint density at radius 1 is 1.33 bits per heavy atom. The lowest BCUT2D eigenvalue weighted by Gasteiger charge is -2.39. The average molecular weight is 285 g/mol. The van der Waals surface area contributed by atoms with E-state index in [0.717, 1.165) is 37.9 Å². The van der Waals surface area contributed by atoms with Gasteiger partial charge < -0.3 is 10.2 Å². The Balaban J connectivity index is 2.16. The van der Waals surface area contributed by atoms with E-state index in [2.05, 4.69) is 18.3 Å². The van der Waals surface area contributed by atoms with E-state index in [1.54, 1.807) is 4.90 Å². The third kappa shape index (κ3) is 3.62. The van der Waals surface area contributed by atoms with Gasteiger partial charge in [0.05, 0.1) is 11.5 Å². The summed E-state index contributed by atoms with van der Waals surface area (Å²) in [6.07, 6.45) is 2.56. The summed E-state index contributed by atoms with van der Waals surface area (Å²) in [5, 5.41) is 12.4.